The summed E-state index contributed by atoms with van der Waals surface area (Å²) in [5, 5.41) is 0. The first-order valence-electron chi connectivity index (χ1n) is 0. The third-order valence-corrected chi connectivity index (χ3v) is 0. The molecule has 0 bridgehead atoms. The van der Waals surface area contributed by atoms with Crippen LogP contribution < -0.4 is 0 Å². The van der Waals surface area contributed by atoms with E-state index in [1.54, 1.807) is 0 Å². The van der Waals surface area contributed by atoms with Crippen molar-refractivity contribution in [3.05, 3.63) is 0 Å². The van der Waals surface area contributed by atoms with E-state index in [-0.39, 0.29) is 96.9 Å². The Balaban J connectivity index is 0. The molecule has 0 aromatic carbocycles. The van der Waals surface area contributed by atoms with E-state index in [9.17, 15) is 0 Å². The molecule has 9 heteroatoms. The van der Waals surface area contributed by atoms with Crippen LogP contribution in [-0.4, -0.2) is 24.4 Å². The number of rotatable bonds is 0. The van der Waals surface area contributed by atoms with E-state index >= 15 is 0 Å². The molecule has 0 N–H and O–H groups in total. The number of hydrogen-bond acceptors (Lipinski definition) is 0. The largest absolute Gasteiger partial charge is 4.00 e. The van der Waals surface area contributed by atoms with Crippen LogP contribution in [0, 0.1) is 0 Å². The molecule has 0 saturated heterocycles. The second kappa shape index (κ2) is 225. The molecular weight excluding hydrogens is 365 g/mol. The smallest absolute Gasteiger partial charge is 2.00 e. The van der Waals surface area contributed by atoms with E-state index in [1.807, 2.05) is 0 Å². The van der Waals surface area contributed by atoms with E-state index in [0.29, 0.717) is 0 Å². The van der Waals surface area contributed by atoms with Crippen molar-refractivity contribution in [1.29, 1.82) is 0 Å². The topological polar surface area (TPSA) is 171 Å². The predicted octanol–water partition coefficient (Wildman–Crippen LogP) is -1.10. The molecule has 0 amide bonds. The molecule has 0 aromatic rings. The van der Waals surface area contributed by atoms with Crippen LogP contribution >= 0.6 is 0 Å². The van der Waals surface area contributed by atoms with Crippen molar-refractivity contribution in [3.8, 4) is 0 Å². The first-order valence-corrected chi connectivity index (χ1v) is 0. The molecule has 0 aliphatic rings. The molecule has 0 spiro atoms. The van der Waals surface area contributed by atoms with E-state index in [4.69, 9.17) is 0 Å². The van der Waals surface area contributed by atoms with Gasteiger partial charge in [0, 0.05) is 18.6 Å². The van der Waals surface area contributed by atoms with Crippen LogP contribution in [0.5, 0.6) is 0 Å². The maximum atomic E-state index is 0. The Bertz CT molecular complexity index is 13.0. The van der Waals surface area contributed by atoms with Crippen LogP contribution in [-0.2, 0) is 72.5 Å². The number of hydrogen-bond donors (Lipinski definition) is 0. The normalized spacial score (nSPS) is 0. The van der Waals surface area contributed by atoms with Gasteiger partial charge in [0.05, 0.1) is 0 Å². The standard InChI is InChI=1S/Mo.6O.Sb.V/q+4;6*-2;+3;. The molecule has 0 unspecified atom stereocenters. The molecule has 0 aliphatic carbocycles. The predicted molar refractivity (Wildman–Crippen MR) is 9.87 cm³/mol. The van der Waals surface area contributed by atoms with Crippen LogP contribution in [0.15, 0.2) is 0 Å². The fourth-order valence-corrected chi connectivity index (χ4v) is 0. The zero-order chi connectivity index (χ0) is 0. The summed E-state index contributed by atoms with van der Waals surface area (Å²) in [6.45, 7) is 0. The van der Waals surface area contributed by atoms with Crippen molar-refractivity contribution in [3.63, 3.8) is 0 Å². The van der Waals surface area contributed by atoms with Gasteiger partial charge in [-0.2, -0.15) is 0 Å². The average molecular weight is 365 g/mol. The van der Waals surface area contributed by atoms with E-state index in [2.05, 4.69) is 0 Å². The van der Waals surface area contributed by atoms with Crippen LogP contribution in [0.1, 0.15) is 0 Å². The molecule has 0 aromatic heterocycles. The molecule has 0 aliphatic heterocycles. The Kier molecular flexibility index (Phi) is 7690. The van der Waals surface area contributed by atoms with Crippen LogP contribution in [0.3, 0.4) is 0 Å². The van der Waals surface area contributed by atoms with Gasteiger partial charge in [-0.05, 0) is 0 Å². The maximum absolute atomic E-state index is 0. The van der Waals surface area contributed by atoms with Crippen LogP contribution in [0.4, 0.5) is 0 Å². The van der Waals surface area contributed by atoms with Crippen molar-refractivity contribution in [2.75, 3.05) is 0 Å². The second-order valence-electron chi connectivity index (χ2n) is 0. The summed E-state index contributed by atoms with van der Waals surface area (Å²) >= 11 is 0. The SMILES string of the molecule is [Mo+4].[O-2].[O-2].[O-2].[O-2].[O-2].[O-2].[Sb+3].[V]. The van der Waals surface area contributed by atoms with Crippen molar-refractivity contribution in [2.24, 2.45) is 0 Å². The van der Waals surface area contributed by atoms with Gasteiger partial charge < -0.3 is 32.9 Å². The second-order valence-corrected chi connectivity index (χ2v) is 0. The van der Waals surface area contributed by atoms with Gasteiger partial charge in [0.1, 0.15) is 0 Å². The van der Waals surface area contributed by atoms with Crippen LogP contribution in [0.2, 0.25) is 0 Å². The molecule has 0 saturated carbocycles. The Labute approximate surface area is 96.2 Å². The van der Waals surface area contributed by atoms with E-state index in [1.165, 1.54) is 0 Å². The average Bonchev–Trinajstić information content (AvgIpc) is 0. The summed E-state index contributed by atoms with van der Waals surface area (Å²) in [6, 6.07) is 0. The third-order valence-electron chi connectivity index (χ3n) is 0. The minimum absolute atomic E-state index is 0. The zero-order valence-electron chi connectivity index (χ0n) is 3.75. The van der Waals surface area contributed by atoms with Gasteiger partial charge in [-0.15, -0.1) is 0 Å². The molecule has 0 heterocycles. The molecule has 6 nitrogen and oxygen atoms in total. The molecule has 9 heavy (non-hydrogen) atoms. The summed E-state index contributed by atoms with van der Waals surface area (Å²) < 4.78 is 0. The summed E-state index contributed by atoms with van der Waals surface area (Å²) in [5.74, 6) is 0. The molecule has 0 atom stereocenters. The Morgan fingerprint density at radius 1 is 0.444 bits per heavy atom. The summed E-state index contributed by atoms with van der Waals surface area (Å²) in [5.41, 5.74) is 0. The summed E-state index contributed by atoms with van der Waals surface area (Å²) in [7, 11) is 0. The van der Waals surface area contributed by atoms with Gasteiger partial charge in [0.25, 0.3) is 0 Å². The first-order chi connectivity index (χ1) is 0. The fourth-order valence-electron chi connectivity index (χ4n) is 0. The fraction of sp³-hybridized carbons (Fsp3) is 0. The molecule has 0 rings (SSSR count). The van der Waals surface area contributed by atoms with Gasteiger partial charge >= 0.3 is 45.5 Å². The van der Waals surface area contributed by atoms with Crippen molar-refractivity contribution in [1.82, 2.24) is 0 Å². The van der Waals surface area contributed by atoms with Gasteiger partial charge in [-0.25, -0.2) is 0 Å². The Morgan fingerprint density at radius 2 is 0.444 bits per heavy atom. The quantitative estimate of drug-likeness (QED) is 0.475. The maximum Gasteiger partial charge on any atom is 4.00 e. The minimum Gasteiger partial charge on any atom is -2.00 e. The minimum atomic E-state index is 0. The molecule has 3 radical (unpaired) electrons. The van der Waals surface area contributed by atoms with E-state index in [0.717, 1.165) is 0 Å². The van der Waals surface area contributed by atoms with Crippen molar-refractivity contribution in [2.45, 2.75) is 0 Å². The van der Waals surface area contributed by atoms with Crippen molar-refractivity contribution < 1.29 is 72.5 Å². The first kappa shape index (κ1) is 307. The van der Waals surface area contributed by atoms with Gasteiger partial charge in [0.2, 0.25) is 0 Å². The van der Waals surface area contributed by atoms with Gasteiger partial charge in [-0.1, -0.05) is 0 Å². The molecule has 57 valence electrons. The Hall–Kier alpha value is 1.85. The van der Waals surface area contributed by atoms with Gasteiger partial charge in [0.15, 0.2) is 0 Å². The van der Waals surface area contributed by atoms with Crippen LogP contribution in [0.25, 0.3) is 0 Å². The zero-order valence-corrected chi connectivity index (χ0v) is 9.71. The third kappa shape index (κ3) is 177. The summed E-state index contributed by atoms with van der Waals surface area (Å²) in [6.07, 6.45) is 0. The van der Waals surface area contributed by atoms with Gasteiger partial charge in [-0.3, -0.25) is 0 Å². The molecular formula is MoO6SbV-5. The van der Waals surface area contributed by atoms with E-state index < -0.39 is 0 Å². The molecule has 0 fully saturated rings. The monoisotopic (exact) mass is 366 g/mol. The van der Waals surface area contributed by atoms with Crippen molar-refractivity contribution >= 4 is 24.4 Å². The Morgan fingerprint density at radius 3 is 0.444 bits per heavy atom. The summed E-state index contributed by atoms with van der Waals surface area (Å²) in [4.78, 5) is 0.